The minimum Gasteiger partial charge on any atom is -0.492 e. The van der Waals surface area contributed by atoms with Crippen LogP contribution in [0.15, 0.2) is 53.7 Å². The average molecular weight is 354 g/mol. The lowest BCUT2D eigenvalue weighted by atomic mass is 10.1. The Bertz CT molecular complexity index is 862. The third-order valence-corrected chi connectivity index (χ3v) is 4.44. The Hall–Kier alpha value is -2.67. The van der Waals surface area contributed by atoms with Gasteiger partial charge in [-0.1, -0.05) is 41.6 Å². The first-order chi connectivity index (χ1) is 12.1. The molecule has 0 spiro atoms. The molecule has 0 atom stereocenters. The lowest BCUT2D eigenvalue weighted by Gasteiger charge is -2.09. The van der Waals surface area contributed by atoms with Gasteiger partial charge in [-0.25, -0.2) is 0 Å². The molecular weight excluding hydrogens is 336 g/mol. The number of benzene rings is 2. The summed E-state index contributed by atoms with van der Waals surface area (Å²) >= 11 is 1.50. The number of thioether (sulfide) groups is 1. The molecule has 128 valence electrons. The zero-order valence-electron chi connectivity index (χ0n) is 14.0. The quantitative estimate of drug-likeness (QED) is 0.368. The highest BCUT2D eigenvalue weighted by molar-refractivity contribution is 7.99. The van der Waals surface area contributed by atoms with E-state index in [0.29, 0.717) is 28.8 Å². The van der Waals surface area contributed by atoms with Gasteiger partial charge in [0.15, 0.2) is 5.78 Å². The van der Waals surface area contributed by atoms with Gasteiger partial charge in [-0.3, -0.25) is 4.79 Å². The van der Waals surface area contributed by atoms with E-state index in [4.69, 9.17) is 4.74 Å². The number of carbonyl (C=O) groups excluding carboxylic acids is 1. The monoisotopic (exact) mass is 354 g/mol. The Morgan fingerprint density at radius 2 is 1.92 bits per heavy atom. The van der Waals surface area contributed by atoms with Crippen molar-refractivity contribution in [1.82, 2.24) is 20.2 Å². The van der Waals surface area contributed by atoms with Crippen molar-refractivity contribution >= 4 is 17.5 Å². The zero-order valence-corrected chi connectivity index (χ0v) is 14.9. The van der Waals surface area contributed by atoms with Crippen LogP contribution >= 0.6 is 11.8 Å². The number of ether oxygens (including phenoxy) is 1. The van der Waals surface area contributed by atoms with Crippen LogP contribution in [-0.2, 0) is 0 Å². The first-order valence-electron chi connectivity index (χ1n) is 7.86. The molecule has 3 rings (SSSR count). The van der Waals surface area contributed by atoms with Crippen LogP contribution < -0.4 is 4.74 Å². The summed E-state index contributed by atoms with van der Waals surface area (Å²) in [5, 5.41) is 12.6. The van der Waals surface area contributed by atoms with Gasteiger partial charge >= 0.3 is 0 Å². The van der Waals surface area contributed by atoms with Gasteiger partial charge in [-0.2, -0.15) is 4.68 Å². The number of nitrogens with zero attached hydrogens (tertiary/aromatic N) is 4. The molecule has 25 heavy (non-hydrogen) atoms. The second-order valence-electron chi connectivity index (χ2n) is 5.46. The fraction of sp³-hybridized carbons (Fsp3) is 0.222. The highest BCUT2D eigenvalue weighted by Gasteiger charge is 2.10. The molecule has 0 bridgehead atoms. The van der Waals surface area contributed by atoms with E-state index in [-0.39, 0.29) is 5.78 Å². The van der Waals surface area contributed by atoms with E-state index in [2.05, 4.69) is 15.5 Å². The molecule has 7 heteroatoms. The van der Waals surface area contributed by atoms with Gasteiger partial charge in [0.2, 0.25) is 5.16 Å². The van der Waals surface area contributed by atoms with Crippen LogP contribution in [0.2, 0.25) is 0 Å². The van der Waals surface area contributed by atoms with Gasteiger partial charge in [0, 0.05) is 5.75 Å². The molecule has 2 aromatic carbocycles. The molecule has 0 saturated carbocycles. The molecule has 0 radical (unpaired) electrons. The summed E-state index contributed by atoms with van der Waals surface area (Å²) in [7, 11) is 0. The maximum atomic E-state index is 11.6. The Labute approximate surface area is 150 Å². The standard InChI is InChI=1S/C18H18N4O2S/c1-13-7-9-15(10-8-13)22-18(19-20-21-22)25-12-11-24-17-6-4-3-5-16(17)14(2)23/h3-10H,11-12H2,1-2H3. The summed E-state index contributed by atoms with van der Waals surface area (Å²) in [4.78, 5) is 11.6. The average Bonchev–Trinajstić information content (AvgIpc) is 3.08. The van der Waals surface area contributed by atoms with E-state index in [9.17, 15) is 4.79 Å². The molecule has 1 aromatic heterocycles. The number of Topliss-reactive ketones (excluding diaryl/α,β-unsaturated/α-hetero) is 1. The first-order valence-corrected chi connectivity index (χ1v) is 8.84. The van der Waals surface area contributed by atoms with Crippen LogP contribution in [0.1, 0.15) is 22.8 Å². The molecule has 0 fully saturated rings. The molecule has 0 amide bonds. The number of aryl methyl sites for hydroxylation is 1. The van der Waals surface area contributed by atoms with Crippen molar-refractivity contribution in [1.29, 1.82) is 0 Å². The van der Waals surface area contributed by atoms with Crippen LogP contribution in [0, 0.1) is 6.92 Å². The van der Waals surface area contributed by atoms with Crippen LogP contribution in [0.5, 0.6) is 5.75 Å². The van der Waals surface area contributed by atoms with Crippen molar-refractivity contribution in [3.8, 4) is 11.4 Å². The highest BCUT2D eigenvalue weighted by atomic mass is 32.2. The molecule has 0 aliphatic rings. The van der Waals surface area contributed by atoms with E-state index in [1.54, 1.807) is 16.8 Å². The number of tetrazole rings is 1. The van der Waals surface area contributed by atoms with Crippen LogP contribution in [-0.4, -0.2) is 38.4 Å². The Morgan fingerprint density at radius 3 is 2.68 bits per heavy atom. The smallest absolute Gasteiger partial charge is 0.214 e. The number of carbonyl (C=O) groups is 1. The maximum Gasteiger partial charge on any atom is 0.214 e. The first kappa shape index (κ1) is 17.2. The predicted molar refractivity (Wildman–Crippen MR) is 96.6 cm³/mol. The highest BCUT2D eigenvalue weighted by Crippen LogP contribution is 2.21. The summed E-state index contributed by atoms with van der Waals surface area (Å²) in [6.07, 6.45) is 0. The molecule has 0 saturated heterocycles. The van der Waals surface area contributed by atoms with Crippen molar-refractivity contribution < 1.29 is 9.53 Å². The van der Waals surface area contributed by atoms with Crippen molar-refractivity contribution in [3.05, 3.63) is 59.7 Å². The Morgan fingerprint density at radius 1 is 1.16 bits per heavy atom. The molecule has 3 aromatic rings. The van der Waals surface area contributed by atoms with Gasteiger partial charge in [-0.15, -0.1) is 5.10 Å². The van der Waals surface area contributed by atoms with Gasteiger partial charge in [0.05, 0.1) is 17.9 Å². The number of aromatic nitrogens is 4. The number of hydrogen-bond donors (Lipinski definition) is 0. The lowest BCUT2D eigenvalue weighted by Crippen LogP contribution is -2.06. The van der Waals surface area contributed by atoms with Crippen molar-refractivity contribution in [2.24, 2.45) is 0 Å². The number of hydrogen-bond acceptors (Lipinski definition) is 6. The number of ketones is 1. The van der Waals surface area contributed by atoms with E-state index < -0.39 is 0 Å². The number of para-hydroxylation sites is 1. The van der Waals surface area contributed by atoms with Crippen LogP contribution in [0.25, 0.3) is 5.69 Å². The van der Waals surface area contributed by atoms with Crippen molar-refractivity contribution in [2.45, 2.75) is 19.0 Å². The molecular formula is C18H18N4O2S. The topological polar surface area (TPSA) is 69.9 Å². The van der Waals surface area contributed by atoms with Gasteiger partial charge < -0.3 is 4.74 Å². The predicted octanol–water partition coefficient (Wildman–Crippen LogP) is 3.34. The molecule has 0 aliphatic carbocycles. The summed E-state index contributed by atoms with van der Waals surface area (Å²) < 4.78 is 7.44. The van der Waals surface area contributed by atoms with Crippen LogP contribution in [0.3, 0.4) is 0 Å². The van der Waals surface area contributed by atoms with Gasteiger partial charge in [0.1, 0.15) is 5.75 Å². The van der Waals surface area contributed by atoms with E-state index in [1.807, 2.05) is 43.3 Å². The minimum atomic E-state index is -0.00781. The van der Waals surface area contributed by atoms with Crippen LogP contribution in [0.4, 0.5) is 0 Å². The lowest BCUT2D eigenvalue weighted by molar-refractivity contribution is 0.101. The fourth-order valence-corrected chi connectivity index (χ4v) is 2.99. The third-order valence-electron chi connectivity index (χ3n) is 3.56. The molecule has 1 heterocycles. The summed E-state index contributed by atoms with van der Waals surface area (Å²) in [6, 6.07) is 15.3. The molecule has 0 unspecified atom stereocenters. The molecule has 6 nitrogen and oxygen atoms in total. The largest absolute Gasteiger partial charge is 0.492 e. The van der Waals surface area contributed by atoms with Crippen molar-refractivity contribution in [2.75, 3.05) is 12.4 Å². The minimum absolute atomic E-state index is 0.00781. The second-order valence-corrected chi connectivity index (χ2v) is 6.52. The van der Waals surface area contributed by atoms with E-state index >= 15 is 0 Å². The third kappa shape index (κ3) is 4.24. The molecule has 0 N–H and O–H groups in total. The van der Waals surface area contributed by atoms with E-state index in [0.717, 1.165) is 5.69 Å². The van der Waals surface area contributed by atoms with Gasteiger partial charge in [-0.05, 0) is 48.5 Å². The molecule has 0 aliphatic heterocycles. The normalized spacial score (nSPS) is 10.6. The fourth-order valence-electron chi connectivity index (χ4n) is 2.28. The van der Waals surface area contributed by atoms with E-state index in [1.165, 1.54) is 24.2 Å². The zero-order chi connectivity index (χ0) is 17.6. The van der Waals surface area contributed by atoms with Crippen molar-refractivity contribution in [3.63, 3.8) is 0 Å². The SMILES string of the molecule is CC(=O)c1ccccc1OCCSc1nnnn1-c1ccc(C)cc1. The number of rotatable bonds is 7. The summed E-state index contributed by atoms with van der Waals surface area (Å²) in [5.41, 5.74) is 2.70. The maximum absolute atomic E-state index is 11.6. The Balaban J connectivity index is 1.60. The summed E-state index contributed by atoms with van der Waals surface area (Å²) in [6.45, 7) is 4.03. The van der Waals surface area contributed by atoms with Gasteiger partial charge in [0.25, 0.3) is 0 Å². The Kier molecular flexibility index (Phi) is 5.45. The second kappa shape index (κ2) is 7.94. The summed E-state index contributed by atoms with van der Waals surface area (Å²) in [5.74, 6) is 1.26.